The highest BCUT2D eigenvalue weighted by atomic mass is 32.2. The maximum Gasteiger partial charge on any atom is 0.418 e. The SMILES string of the molecule is CCN(CC(=O)Nc1ccccc1C(F)(F)F)C(=O)CC1Sc2ccccc2NC1=O. The molecule has 1 atom stereocenters. The molecule has 31 heavy (non-hydrogen) atoms. The maximum atomic E-state index is 13.1. The summed E-state index contributed by atoms with van der Waals surface area (Å²) in [6.07, 6.45) is -4.75. The number of anilines is 2. The topological polar surface area (TPSA) is 78.5 Å². The Morgan fingerprint density at radius 1 is 1.13 bits per heavy atom. The number of amides is 3. The predicted octanol–water partition coefficient (Wildman–Crippen LogP) is 4.00. The van der Waals surface area contributed by atoms with Crippen LogP contribution in [0.4, 0.5) is 24.5 Å². The first-order valence-electron chi connectivity index (χ1n) is 9.49. The van der Waals surface area contributed by atoms with Gasteiger partial charge in [-0.3, -0.25) is 14.4 Å². The lowest BCUT2D eigenvalue weighted by molar-refractivity contribution is -0.137. The molecule has 1 aliphatic heterocycles. The average molecular weight is 451 g/mol. The summed E-state index contributed by atoms with van der Waals surface area (Å²) in [6.45, 7) is 1.40. The number of hydrogen-bond acceptors (Lipinski definition) is 4. The zero-order valence-electron chi connectivity index (χ0n) is 16.5. The fourth-order valence-corrected chi connectivity index (χ4v) is 4.20. The fourth-order valence-electron chi connectivity index (χ4n) is 3.09. The summed E-state index contributed by atoms with van der Waals surface area (Å²) in [5, 5.41) is 4.31. The average Bonchev–Trinajstić information content (AvgIpc) is 2.72. The van der Waals surface area contributed by atoms with Crippen molar-refractivity contribution in [2.75, 3.05) is 23.7 Å². The summed E-state index contributed by atoms with van der Waals surface area (Å²) >= 11 is 1.26. The zero-order valence-corrected chi connectivity index (χ0v) is 17.3. The van der Waals surface area contributed by atoms with Crippen LogP contribution in [0, 0.1) is 0 Å². The van der Waals surface area contributed by atoms with Gasteiger partial charge in [0, 0.05) is 17.9 Å². The number of hydrogen-bond donors (Lipinski definition) is 2. The normalized spacial score (nSPS) is 15.6. The quantitative estimate of drug-likeness (QED) is 0.696. The van der Waals surface area contributed by atoms with Crippen LogP contribution in [0.25, 0.3) is 0 Å². The predicted molar refractivity (Wildman–Crippen MR) is 112 cm³/mol. The molecule has 0 saturated carbocycles. The first-order chi connectivity index (χ1) is 14.7. The Morgan fingerprint density at radius 2 is 1.81 bits per heavy atom. The molecule has 2 N–H and O–H groups in total. The summed E-state index contributed by atoms with van der Waals surface area (Å²) in [5.74, 6) is -1.50. The zero-order chi connectivity index (χ0) is 22.6. The molecular formula is C21H20F3N3O3S. The minimum Gasteiger partial charge on any atom is -0.334 e. The van der Waals surface area contributed by atoms with Crippen LogP contribution in [0.3, 0.4) is 0 Å². The number of nitrogens with one attached hydrogen (secondary N) is 2. The van der Waals surface area contributed by atoms with Gasteiger partial charge in [-0.1, -0.05) is 24.3 Å². The second kappa shape index (κ2) is 9.42. The number of thioether (sulfide) groups is 1. The van der Waals surface area contributed by atoms with E-state index in [0.29, 0.717) is 5.69 Å². The molecule has 10 heteroatoms. The maximum absolute atomic E-state index is 13.1. The Labute approximate surface area is 181 Å². The van der Waals surface area contributed by atoms with Crippen LogP contribution in [0.15, 0.2) is 53.4 Å². The molecule has 3 amide bonds. The number of benzene rings is 2. The summed E-state index contributed by atoms with van der Waals surface area (Å²) in [5.41, 5.74) is -0.662. The Kier molecular flexibility index (Phi) is 6.89. The van der Waals surface area contributed by atoms with Gasteiger partial charge < -0.3 is 15.5 Å². The van der Waals surface area contributed by atoms with Crippen LogP contribution in [-0.4, -0.2) is 41.0 Å². The van der Waals surface area contributed by atoms with E-state index in [0.717, 1.165) is 17.0 Å². The van der Waals surface area contributed by atoms with Gasteiger partial charge in [0.05, 0.1) is 28.7 Å². The number of para-hydroxylation sites is 2. The van der Waals surface area contributed by atoms with Gasteiger partial charge >= 0.3 is 6.18 Å². The van der Waals surface area contributed by atoms with Gasteiger partial charge in [0.15, 0.2) is 0 Å². The molecule has 2 aromatic carbocycles. The molecule has 0 radical (unpaired) electrons. The van der Waals surface area contributed by atoms with Gasteiger partial charge in [-0.05, 0) is 31.2 Å². The van der Waals surface area contributed by atoms with Gasteiger partial charge in [-0.25, -0.2) is 0 Å². The number of alkyl halides is 3. The van der Waals surface area contributed by atoms with Gasteiger partial charge in [-0.2, -0.15) is 13.2 Å². The summed E-state index contributed by atoms with van der Waals surface area (Å²) < 4.78 is 39.3. The molecule has 1 unspecified atom stereocenters. The van der Waals surface area contributed by atoms with Crippen LogP contribution in [0.1, 0.15) is 18.9 Å². The van der Waals surface area contributed by atoms with Crippen LogP contribution < -0.4 is 10.6 Å². The highest BCUT2D eigenvalue weighted by Crippen LogP contribution is 2.37. The van der Waals surface area contributed by atoms with Crippen LogP contribution in [0.5, 0.6) is 0 Å². The molecule has 1 heterocycles. The molecule has 0 saturated heterocycles. The molecule has 0 fully saturated rings. The van der Waals surface area contributed by atoms with E-state index in [9.17, 15) is 27.6 Å². The lowest BCUT2D eigenvalue weighted by atomic mass is 10.1. The highest BCUT2D eigenvalue weighted by molar-refractivity contribution is 8.01. The molecule has 0 aliphatic carbocycles. The number of fused-ring (bicyclic) bond motifs is 1. The second-order valence-corrected chi connectivity index (χ2v) is 8.04. The highest BCUT2D eigenvalue weighted by Gasteiger charge is 2.34. The van der Waals surface area contributed by atoms with Crippen molar-refractivity contribution in [1.29, 1.82) is 0 Å². The summed E-state index contributed by atoms with van der Waals surface area (Å²) in [6, 6.07) is 11.8. The van der Waals surface area contributed by atoms with Crippen molar-refractivity contribution in [3.63, 3.8) is 0 Å². The monoisotopic (exact) mass is 451 g/mol. The summed E-state index contributed by atoms with van der Waals surface area (Å²) in [7, 11) is 0. The van der Waals surface area contributed by atoms with E-state index in [2.05, 4.69) is 10.6 Å². The first kappa shape index (κ1) is 22.7. The largest absolute Gasteiger partial charge is 0.418 e. The smallest absolute Gasteiger partial charge is 0.334 e. The number of nitrogens with zero attached hydrogens (tertiary/aromatic N) is 1. The van der Waals surface area contributed by atoms with E-state index in [1.165, 1.54) is 28.8 Å². The molecule has 164 valence electrons. The molecule has 6 nitrogen and oxygen atoms in total. The van der Waals surface area contributed by atoms with Gasteiger partial charge in [-0.15, -0.1) is 11.8 Å². The van der Waals surface area contributed by atoms with E-state index in [1.807, 2.05) is 12.1 Å². The van der Waals surface area contributed by atoms with E-state index in [4.69, 9.17) is 0 Å². The van der Waals surface area contributed by atoms with Crippen molar-refractivity contribution in [1.82, 2.24) is 4.90 Å². The Bertz CT molecular complexity index is 997. The number of carbonyl (C=O) groups excluding carboxylic acids is 3. The number of halogens is 3. The minimum absolute atomic E-state index is 0.134. The first-order valence-corrected chi connectivity index (χ1v) is 10.4. The standard InChI is InChI=1S/C21H20F3N3O3S/c1-2-27(12-18(28)25-14-8-4-3-7-13(14)21(22,23)24)19(29)11-17-20(30)26-15-9-5-6-10-16(15)31-17/h3-10,17H,2,11-12H2,1H3,(H,25,28)(H,26,30). The van der Waals surface area contributed by atoms with Crippen molar-refractivity contribution in [3.8, 4) is 0 Å². The Hall–Kier alpha value is -3.01. The lowest BCUT2D eigenvalue weighted by Gasteiger charge is -2.26. The second-order valence-electron chi connectivity index (χ2n) is 6.80. The van der Waals surface area contributed by atoms with Crippen molar-refractivity contribution in [3.05, 3.63) is 54.1 Å². The molecular weight excluding hydrogens is 431 g/mol. The third-order valence-electron chi connectivity index (χ3n) is 4.64. The third kappa shape index (κ3) is 5.57. The molecule has 0 aromatic heterocycles. The van der Waals surface area contributed by atoms with Crippen molar-refractivity contribution < 1.29 is 27.6 Å². The van der Waals surface area contributed by atoms with E-state index in [1.54, 1.807) is 19.1 Å². The fraction of sp³-hybridized carbons (Fsp3) is 0.286. The molecule has 0 spiro atoms. The minimum atomic E-state index is -4.62. The Morgan fingerprint density at radius 3 is 2.52 bits per heavy atom. The Balaban J connectivity index is 1.63. The van der Waals surface area contributed by atoms with Gasteiger partial charge in [0.1, 0.15) is 0 Å². The lowest BCUT2D eigenvalue weighted by Crippen LogP contribution is -2.41. The van der Waals surface area contributed by atoms with Crippen molar-refractivity contribution in [2.24, 2.45) is 0 Å². The van der Waals surface area contributed by atoms with Gasteiger partial charge in [0.25, 0.3) is 0 Å². The number of likely N-dealkylation sites (N-methyl/N-ethyl adjacent to an activating group) is 1. The van der Waals surface area contributed by atoms with Crippen molar-refractivity contribution >= 4 is 40.9 Å². The molecule has 0 bridgehead atoms. The van der Waals surface area contributed by atoms with Crippen molar-refractivity contribution in [2.45, 2.75) is 29.7 Å². The number of rotatable bonds is 6. The molecule has 3 rings (SSSR count). The van der Waals surface area contributed by atoms with E-state index < -0.39 is 35.3 Å². The van der Waals surface area contributed by atoms with Crippen LogP contribution in [0.2, 0.25) is 0 Å². The van der Waals surface area contributed by atoms with Crippen LogP contribution in [-0.2, 0) is 20.6 Å². The molecule has 2 aromatic rings. The van der Waals surface area contributed by atoms with E-state index >= 15 is 0 Å². The molecule has 1 aliphatic rings. The van der Waals surface area contributed by atoms with Gasteiger partial charge in [0.2, 0.25) is 17.7 Å². The summed E-state index contributed by atoms with van der Waals surface area (Å²) in [4.78, 5) is 39.4. The number of carbonyl (C=O) groups is 3. The third-order valence-corrected chi connectivity index (χ3v) is 5.92. The van der Waals surface area contributed by atoms with E-state index in [-0.39, 0.29) is 24.6 Å². The van der Waals surface area contributed by atoms with Crippen LogP contribution >= 0.6 is 11.8 Å².